The van der Waals surface area contributed by atoms with Crippen molar-refractivity contribution in [2.75, 3.05) is 20.3 Å². The van der Waals surface area contributed by atoms with E-state index in [9.17, 15) is 4.79 Å². The Morgan fingerprint density at radius 3 is 2.61 bits per heavy atom. The van der Waals surface area contributed by atoms with E-state index in [1.807, 2.05) is 65.2 Å². The van der Waals surface area contributed by atoms with Crippen LogP contribution in [0.4, 0.5) is 0 Å². The maximum absolute atomic E-state index is 12.2. The molecule has 0 aliphatic carbocycles. The number of aromatic nitrogens is 4. The lowest BCUT2D eigenvalue weighted by molar-refractivity contribution is 0.0937. The summed E-state index contributed by atoms with van der Waals surface area (Å²) < 4.78 is 6.95. The molecule has 0 bridgehead atoms. The molecule has 168 valence electrons. The lowest BCUT2D eigenvalue weighted by atomic mass is 10.1. The summed E-state index contributed by atoms with van der Waals surface area (Å²) in [6.45, 7) is 0.959. The monoisotopic (exact) mass is 479 g/mol. The molecule has 0 aliphatic heterocycles. The van der Waals surface area contributed by atoms with Gasteiger partial charge in [0.25, 0.3) is 5.91 Å². The van der Waals surface area contributed by atoms with E-state index >= 15 is 0 Å². The Morgan fingerprint density at radius 1 is 1.09 bits per heavy atom. The van der Waals surface area contributed by atoms with Gasteiger partial charge in [-0.05, 0) is 48.0 Å². The number of benzene rings is 2. The molecule has 2 heterocycles. The van der Waals surface area contributed by atoms with Crippen LogP contribution in [0.3, 0.4) is 0 Å². The minimum Gasteiger partial charge on any atom is -0.383 e. The van der Waals surface area contributed by atoms with Gasteiger partial charge in [0, 0.05) is 48.0 Å². The van der Waals surface area contributed by atoms with Crippen LogP contribution in [0.25, 0.3) is 17.1 Å². The summed E-state index contributed by atoms with van der Waals surface area (Å²) in [4.78, 5) is 16.3. The number of hydrogen-bond acceptors (Lipinski definition) is 6. The van der Waals surface area contributed by atoms with Gasteiger partial charge in [-0.1, -0.05) is 41.6 Å². The number of methoxy groups -OCH3 is 1. The third-order valence-electron chi connectivity index (χ3n) is 4.81. The van der Waals surface area contributed by atoms with Gasteiger partial charge in [0.2, 0.25) is 0 Å². The summed E-state index contributed by atoms with van der Waals surface area (Å²) in [7, 11) is 1.60. The molecule has 7 nitrogen and oxygen atoms in total. The van der Waals surface area contributed by atoms with Crippen LogP contribution in [0.1, 0.15) is 15.9 Å². The van der Waals surface area contributed by atoms with Crippen molar-refractivity contribution in [1.82, 2.24) is 25.1 Å². The Balaban J connectivity index is 1.54. The Kier molecular flexibility index (Phi) is 7.72. The number of hydrogen-bond donors (Lipinski definition) is 1. The van der Waals surface area contributed by atoms with E-state index in [2.05, 4.69) is 20.5 Å². The Bertz CT molecular complexity index is 1220. The minimum absolute atomic E-state index is 0.117. The fourth-order valence-corrected chi connectivity index (χ4v) is 4.26. The predicted octanol–water partition coefficient (Wildman–Crippen LogP) is 4.65. The standard InChI is InChI=1S/C24H22ClN5O2S/c1-32-14-13-27-23(31)19-7-5-17(6-8-19)16-33-24-29-28-22(18-9-11-26-12-10-18)30(24)21-4-2-3-20(25)15-21/h2-12,15H,13-14,16H2,1H3,(H,27,31). The minimum atomic E-state index is -0.117. The average molecular weight is 480 g/mol. The number of halogens is 1. The van der Waals surface area contributed by atoms with Crippen molar-refractivity contribution in [2.24, 2.45) is 0 Å². The van der Waals surface area contributed by atoms with Crippen molar-refractivity contribution in [3.63, 3.8) is 0 Å². The predicted molar refractivity (Wildman–Crippen MR) is 130 cm³/mol. The zero-order valence-electron chi connectivity index (χ0n) is 17.9. The normalized spacial score (nSPS) is 10.8. The number of ether oxygens (including phenoxy) is 1. The summed E-state index contributed by atoms with van der Waals surface area (Å²) in [6.07, 6.45) is 3.46. The molecule has 0 atom stereocenters. The van der Waals surface area contributed by atoms with E-state index in [1.54, 1.807) is 31.3 Å². The summed E-state index contributed by atoms with van der Waals surface area (Å²) in [5.41, 5.74) is 3.47. The zero-order valence-corrected chi connectivity index (χ0v) is 19.5. The van der Waals surface area contributed by atoms with Crippen LogP contribution >= 0.6 is 23.4 Å². The molecule has 0 spiro atoms. The van der Waals surface area contributed by atoms with Gasteiger partial charge in [-0.3, -0.25) is 14.3 Å². The van der Waals surface area contributed by atoms with E-state index in [1.165, 1.54) is 0 Å². The summed E-state index contributed by atoms with van der Waals surface area (Å²) in [5, 5.41) is 13.1. The first kappa shape index (κ1) is 23.0. The van der Waals surface area contributed by atoms with E-state index in [0.717, 1.165) is 22.0 Å². The zero-order chi connectivity index (χ0) is 23.0. The van der Waals surface area contributed by atoms with Gasteiger partial charge in [-0.2, -0.15) is 0 Å². The first-order chi connectivity index (χ1) is 16.2. The van der Waals surface area contributed by atoms with Crippen LogP contribution in [-0.4, -0.2) is 45.9 Å². The van der Waals surface area contributed by atoms with Crippen LogP contribution in [0.5, 0.6) is 0 Å². The molecule has 0 saturated heterocycles. The fraction of sp³-hybridized carbons (Fsp3) is 0.167. The average Bonchev–Trinajstić information content (AvgIpc) is 3.28. The van der Waals surface area contributed by atoms with E-state index in [4.69, 9.17) is 16.3 Å². The number of nitrogens with zero attached hydrogens (tertiary/aromatic N) is 4. The number of carbonyl (C=O) groups excluding carboxylic acids is 1. The van der Waals surface area contributed by atoms with E-state index in [-0.39, 0.29) is 5.91 Å². The molecule has 0 unspecified atom stereocenters. The Hall–Kier alpha value is -3.20. The van der Waals surface area contributed by atoms with Gasteiger partial charge >= 0.3 is 0 Å². The highest BCUT2D eigenvalue weighted by Crippen LogP contribution is 2.30. The van der Waals surface area contributed by atoms with Gasteiger partial charge in [0.1, 0.15) is 0 Å². The topological polar surface area (TPSA) is 81.9 Å². The summed E-state index contributed by atoms with van der Waals surface area (Å²) in [6, 6.07) is 18.9. The number of nitrogens with one attached hydrogen (secondary N) is 1. The fourth-order valence-electron chi connectivity index (χ4n) is 3.17. The molecule has 1 N–H and O–H groups in total. The quantitative estimate of drug-likeness (QED) is 0.278. The number of amides is 1. The number of carbonyl (C=O) groups is 1. The summed E-state index contributed by atoms with van der Waals surface area (Å²) >= 11 is 7.82. The second-order valence-electron chi connectivity index (χ2n) is 7.09. The van der Waals surface area contributed by atoms with Crippen LogP contribution in [0.2, 0.25) is 5.02 Å². The number of rotatable bonds is 9. The molecule has 1 amide bonds. The van der Waals surface area contributed by atoms with E-state index < -0.39 is 0 Å². The van der Waals surface area contributed by atoms with Crippen LogP contribution < -0.4 is 5.32 Å². The van der Waals surface area contributed by atoms with Gasteiger partial charge in [0.05, 0.1) is 12.3 Å². The molecule has 33 heavy (non-hydrogen) atoms. The molecular weight excluding hydrogens is 458 g/mol. The Labute approximate surface area is 201 Å². The molecule has 0 saturated carbocycles. The molecule has 4 rings (SSSR count). The maximum atomic E-state index is 12.2. The molecular formula is C24H22ClN5O2S. The third-order valence-corrected chi connectivity index (χ3v) is 6.05. The van der Waals surface area contributed by atoms with Crippen molar-refractivity contribution in [3.8, 4) is 17.1 Å². The second-order valence-corrected chi connectivity index (χ2v) is 8.47. The first-order valence-corrected chi connectivity index (χ1v) is 11.6. The van der Waals surface area contributed by atoms with Crippen LogP contribution in [0.15, 0.2) is 78.2 Å². The highest BCUT2D eigenvalue weighted by molar-refractivity contribution is 7.98. The number of pyridine rings is 1. The third kappa shape index (κ3) is 5.78. The van der Waals surface area contributed by atoms with Crippen LogP contribution in [-0.2, 0) is 10.5 Å². The van der Waals surface area contributed by atoms with Crippen molar-refractivity contribution in [2.45, 2.75) is 10.9 Å². The van der Waals surface area contributed by atoms with Gasteiger partial charge in [-0.15, -0.1) is 10.2 Å². The van der Waals surface area contributed by atoms with Gasteiger partial charge in [-0.25, -0.2) is 0 Å². The van der Waals surface area contributed by atoms with Gasteiger partial charge in [0.15, 0.2) is 11.0 Å². The SMILES string of the molecule is COCCNC(=O)c1ccc(CSc2nnc(-c3ccncc3)n2-c2cccc(Cl)c2)cc1. The van der Waals surface area contributed by atoms with E-state index in [0.29, 0.717) is 35.3 Å². The van der Waals surface area contributed by atoms with Gasteiger partial charge < -0.3 is 10.1 Å². The number of thioether (sulfide) groups is 1. The second kappa shape index (κ2) is 11.1. The molecule has 2 aromatic carbocycles. The highest BCUT2D eigenvalue weighted by Gasteiger charge is 2.16. The van der Waals surface area contributed by atoms with Crippen LogP contribution in [0, 0.1) is 0 Å². The van der Waals surface area contributed by atoms with Crippen molar-refractivity contribution < 1.29 is 9.53 Å². The lowest BCUT2D eigenvalue weighted by Gasteiger charge is -2.11. The molecule has 2 aromatic heterocycles. The van der Waals surface area contributed by atoms with Crippen molar-refractivity contribution in [3.05, 3.63) is 89.2 Å². The molecule has 4 aromatic rings. The maximum Gasteiger partial charge on any atom is 0.251 e. The molecule has 0 aliphatic rings. The smallest absolute Gasteiger partial charge is 0.251 e. The lowest BCUT2D eigenvalue weighted by Crippen LogP contribution is -2.26. The summed E-state index contributed by atoms with van der Waals surface area (Å²) in [5.74, 6) is 1.26. The molecule has 9 heteroatoms. The largest absolute Gasteiger partial charge is 0.383 e. The van der Waals surface area contributed by atoms with Crippen molar-refractivity contribution in [1.29, 1.82) is 0 Å². The molecule has 0 radical (unpaired) electrons. The Morgan fingerprint density at radius 2 is 1.88 bits per heavy atom. The molecule has 0 fully saturated rings. The highest BCUT2D eigenvalue weighted by atomic mass is 35.5. The van der Waals surface area contributed by atoms with Crippen molar-refractivity contribution >= 4 is 29.3 Å². The first-order valence-electron chi connectivity index (χ1n) is 10.3.